The van der Waals surface area contributed by atoms with Crippen molar-refractivity contribution in [1.82, 2.24) is 0 Å². The lowest BCUT2D eigenvalue weighted by molar-refractivity contribution is 0.00644. The van der Waals surface area contributed by atoms with Crippen LogP contribution >= 0.6 is 0 Å². The van der Waals surface area contributed by atoms with Crippen LogP contribution in [0.3, 0.4) is 0 Å². The zero-order valence-corrected chi connectivity index (χ0v) is 12.0. The summed E-state index contributed by atoms with van der Waals surface area (Å²) in [5, 5.41) is 8.74. The average Bonchev–Trinajstić information content (AvgIpc) is 2.27. The predicted octanol–water partition coefficient (Wildman–Crippen LogP) is 1.97. The van der Waals surface area contributed by atoms with E-state index in [1.165, 1.54) is 24.3 Å². The van der Waals surface area contributed by atoms with Crippen molar-refractivity contribution in [1.29, 1.82) is 0 Å². The van der Waals surface area contributed by atoms with E-state index in [2.05, 4.69) is 0 Å². The Balaban J connectivity index is 2.75. The molecule has 0 atom stereocenters. The van der Waals surface area contributed by atoms with E-state index in [1.54, 1.807) is 0 Å². The van der Waals surface area contributed by atoms with E-state index in [0.717, 1.165) is 0 Å². The van der Waals surface area contributed by atoms with Crippen molar-refractivity contribution in [3.05, 3.63) is 29.8 Å². The fourth-order valence-corrected chi connectivity index (χ4v) is 2.47. The van der Waals surface area contributed by atoms with Gasteiger partial charge < -0.3 is 9.84 Å². The lowest BCUT2D eigenvalue weighted by Crippen LogP contribution is -2.23. The molecule has 0 fully saturated rings. The van der Waals surface area contributed by atoms with Crippen LogP contribution in [0.4, 0.5) is 0 Å². The first kappa shape index (κ1) is 15.7. The number of sulfone groups is 1. The van der Waals surface area contributed by atoms with Crippen molar-refractivity contribution >= 4 is 15.8 Å². The van der Waals surface area contributed by atoms with Crippen molar-refractivity contribution in [2.75, 3.05) is 12.4 Å². The van der Waals surface area contributed by atoms with Crippen LogP contribution in [0, 0.1) is 0 Å². The molecule has 0 aliphatic carbocycles. The summed E-state index contributed by atoms with van der Waals surface area (Å²) in [5.41, 5.74) is -0.326. The van der Waals surface area contributed by atoms with Gasteiger partial charge in [-0.2, -0.15) is 0 Å². The summed E-state index contributed by atoms with van der Waals surface area (Å²) in [6.07, 6.45) is 0. The van der Waals surface area contributed by atoms with Gasteiger partial charge in [0.05, 0.1) is 28.4 Å². The molecule has 0 saturated carbocycles. The number of rotatable bonds is 5. The molecule has 1 rings (SSSR count). The zero-order chi connectivity index (χ0) is 14.7. The topological polar surface area (TPSA) is 80.7 Å². The lowest BCUT2D eigenvalue weighted by Gasteiger charge is -2.19. The Hall–Kier alpha value is -1.40. The Morgan fingerprint density at radius 3 is 2.16 bits per heavy atom. The lowest BCUT2D eigenvalue weighted by atomic mass is 10.2. The highest BCUT2D eigenvalue weighted by Gasteiger charge is 2.17. The fourth-order valence-electron chi connectivity index (χ4n) is 1.38. The maximum absolute atomic E-state index is 12.0. The molecular weight excluding hydrogens is 268 g/mol. The summed E-state index contributed by atoms with van der Waals surface area (Å²) in [7, 11) is -3.44. The molecule has 0 amide bonds. The van der Waals surface area contributed by atoms with Crippen molar-refractivity contribution < 1.29 is 23.1 Å². The van der Waals surface area contributed by atoms with Crippen LogP contribution in [0.2, 0.25) is 0 Å². The van der Waals surface area contributed by atoms with Gasteiger partial charge >= 0.3 is 5.97 Å². The average molecular weight is 286 g/mol. The number of hydrogen-bond acceptors (Lipinski definition) is 4. The summed E-state index contributed by atoms with van der Waals surface area (Å²) >= 11 is 0. The molecule has 0 radical (unpaired) electrons. The third-order valence-electron chi connectivity index (χ3n) is 2.35. The molecule has 0 bridgehead atoms. The van der Waals surface area contributed by atoms with Gasteiger partial charge in [0.2, 0.25) is 0 Å². The number of hydrogen-bond donors (Lipinski definition) is 1. The first-order chi connectivity index (χ1) is 8.62. The van der Waals surface area contributed by atoms with Gasteiger partial charge in [-0.15, -0.1) is 0 Å². The minimum absolute atomic E-state index is 0.0601. The van der Waals surface area contributed by atoms with E-state index >= 15 is 0 Å². The third kappa shape index (κ3) is 5.00. The van der Waals surface area contributed by atoms with Gasteiger partial charge in [0.25, 0.3) is 0 Å². The fraction of sp³-hybridized carbons (Fsp3) is 0.462. The second-order valence-electron chi connectivity index (χ2n) is 5.11. The van der Waals surface area contributed by atoms with Crippen LogP contribution < -0.4 is 0 Å². The summed E-state index contributed by atoms with van der Waals surface area (Å²) < 4.78 is 29.3. The number of ether oxygens (including phenoxy) is 1. The number of carboxylic acids is 1. The van der Waals surface area contributed by atoms with Crippen LogP contribution in [0.15, 0.2) is 29.2 Å². The Bertz CT molecular complexity index is 537. The summed E-state index contributed by atoms with van der Waals surface area (Å²) in [6, 6.07) is 5.16. The number of carboxylic acid groups (broad SMARTS) is 1. The second-order valence-corrected chi connectivity index (χ2v) is 7.22. The van der Waals surface area contributed by atoms with Crippen LogP contribution in [-0.4, -0.2) is 37.5 Å². The Kier molecular flexibility index (Phi) is 4.70. The molecular formula is C13H18O5S. The van der Waals surface area contributed by atoms with Gasteiger partial charge in [-0.3, -0.25) is 0 Å². The zero-order valence-electron chi connectivity index (χ0n) is 11.2. The van der Waals surface area contributed by atoms with Crippen LogP contribution in [0.25, 0.3) is 0 Å². The number of carbonyl (C=O) groups is 1. The van der Waals surface area contributed by atoms with Crippen molar-refractivity contribution in [2.45, 2.75) is 31.3 Å². The highest BCUT2D eigenvalue weighted by molar-refractivity contribution is 7.91. The summed E-state index contributed by atoms with van der Waals surface area (Å²) in [6.45, 7) is 5.65. The van der Waals surface area contributed by atoms with Crippen LogP contribution in [-0.2, 0) is 14.6 Å². The highest BCUT2D eigenvalue weighted by Crippen LogP contribution is 2.14. The smallest absolute Gasteiger partial charge is 0.335 e. The van der Waals surface area contributed by atoms with E-state index in [-0.39, 0.29) is 28.4 Å². The van der Waals surface area contributed by atoms with Crippen molar-refractivity contribution in [2.24, 2.45) is 0 Å². The molecule has 19 heavy (non-hydrogen) atoms. The van der Waals surface area contributed by atoms with Crippen LogP contribution in [0.5, 0.6) is 0 Å². The van der Waals surface area contributed by atoms with Gasteiger partial charge in [-0.25, -0.2) is 13.2 Å². The van der Waals surface area contributed by atoms with E-state index < -0.39 is 15.8 Å². The van der Waals surface area contributed by atoms with Gasteiger partial charge in [-0.05, 0) is 45.0 Å². The van der Waals surface area contributed by atoms with E-state index in [9.17, 15) is 13.2 Å². The number of aromatic carboxylic acids is 1. The Labute approximate surface area is 113 Å². The molecule has 0 aliphatic rings. The third-order valence-corrected chi connectivity index (χ3v) is 4.04. The standard InChI is InChI=1S/C13H18O5S/c1-13(2,3)18-8-9-19(16,17)11-6-4-10(5-7-11)12(14)15/h4-7H,8-9H2,1-3H3,(H,14,15). The molecule has 6 heteroatoms. The number of benzene rings is 1. The molecule has 0 spiro atoms. The molecule has 1 aromatic rings. The first-order valence-corrected chi connectivity index (χ1v) is 7.47. The summed E-state index contributed by atoms with van der Waals surface area (Å²) in [4.78, 5) is 10.8. The minimum Gasteiger partial charge on any atom is -0.478 e. The Morgan fingerprint density at radius 2 is 1.74 bits per heavy atom. The summed E-state index contributed by atoms with van der Waals surface area (Å²) in [5.74, 6) is -1.21. The van der Waals surface area contributed by atoms with E-state index in [4.69, 9.17) is 9.84 Å². The molecule has 0 aromatic heterocycles. The SMILES string of the molecule is CC(C)(C)OCCS(=O)(=O)c1ccc(C(=O)O)cc1. The molecule has 1 N–H and O–H groups in total. The van der Waals surface area contributed by atoms with Crippen LogP contribution in [0.1, 0.15) is 31.1 Å². The quantitative estimate of drug-likeness (QED) is 0.895. The largest absolute Gasteiger partial charge is 0.478 e. The molecule has 106 valence electrons. The molecule has 1 aromatic carbocycles. The molecule has 5 nitrogen and oxygen atoms in total. The van der Waals surface area contributed by atoms with E-state index in [0.29, 0.717) is 0 Å². The molecule has 0 saturated heterocycles. The van der Waals surface area contributed by atoms with Crippen molar-refractivity contribution in [3.63, 3.8) is 0 Å². The monoisotopic (exact) mass is 286 g/mol. The van der Waals surface area contributed by atoms with Crippen molar-refractivity contribution in [3.8, 4) is 0 Å². The Morgan fingerprint density at radius 1 is 1.21 bits per heavy atom. The van der Waals surface area contributed by atoms with Gasteiger partial charge in [0, 0.05) is 0 Å². The van der Waals surface area contributed by atoms with Gasteiger partial charge in [0.15, 0.2) is 9.84 Å². The van der Waals surface area contributed by atoms with E-state index in [1.807, 2.05) is 20.8 Å². The normalized spacial score (nSPS) is 12.4. The second kappa shape index (κ2) is 5.71. The van der Waals surface area contributed by atoms with Gasteiger partial charge in [-0.1, -0.05) is 0 Å². The predicted molar refractivity (Wildman–Crippen MR) is 71.2 cm³/mol. The molecule has 0 unspecified atom stereocenters. The molecule has 0 aliphatic heterocycles. The highest BCUT2D eigenvalue weighted by atomic mass is 32.2. The molecule has 0 heterocycles. The van der Waals surface area contributed by atoms with Gasteiger partial charge in [0.1, 0.15) is 0 Å². The maximum Gasteiger partial charge on any atom is 0.335 e. The maximum atomic E-state index is 12.0. The first-order valence-electron chi connectivity index (χ1n) is 5.82. The minimum atomic E-state index is -3.44.